The molecule has 0 saturated heterocycles. The fraction of sp³-hybridized carbons (Fsp3) is 0.143. The average molecular weight is 382 g/mol. The maximum Gasteiger partial charge on any atom is 0.244 e. The van der Waals surface area contributed by atoms with Crippen molar-refractivity contribution in [2.24, 2.45) is 0 Å². The number of imidazole rings is 1. The number of carbonyl (C=O) groups is 1. The maximum atomic E-state index is 12.0. The van der Waals surface area contributed by atoms with E-state index in [4.69, 9.17) is 16.3 Å². The largest absolute Gasteiger partial charge is 0.495 e. The molecule has 0 fully saturated rings. The van der Waals surface area contributed by atoms with E-state index in [1.807, 2.05) is 53.2 Å². The Labute approximate surface area is 163 Å². The van der Waals surface area contributed by atoms with Gasteiger partial charge in [-0.3, -0.25) is 4.79 Å². The first-order valence-electron chi connectivity index (χ1n) is 8.52. The quantitative estimate of drug-likeness (QED) is 0.631. The SMILES string of the molecule is COc1cc(C=CC(=O)NCCc2cccc(Cl)c2)ccc1-n1ccnc1. The Kier molecular flexibility index (Phi) is 6.28. The van der Waals surface area contributed by atoms with Crippen LogP contribution in [0.4, 0.5) is 0 Å². The lowest BCUT2D eigenvalue weighted by molar-refractivity contribution is -0.116. The normalized spacial score (nSPS) is 10.9. The van der Waals surface area contributed by atoms with Crippen LogP contribution in [0.25, 0.3) is 11.8 Å². The highest BCUT2D eigenvalue weighted by atomic mass is 35.5. The van der Waals surface area contributed by atoms with Gasteiger partial charge in [0.1, 0.15) is 5.75 Å². The van der Waals surface area contributed by atoms with Crippen molar-refractivity contribution < 1.29 is 9.53 Å². The lowest BCUT2D eigenvalue weighted by Gasteiger charge is -2.09. The standard InChI is InChI=1S/C21H20ClN3O2/c1-27-20-14-17(5-7-19(20)25-12-11-23-15-25)6-8-21(26)24-10-9-16-3-2-4-18(22)13-16/h2-8,11-15H,9-10H2,1H3,(H,24,26). The van der Waals surface area contributed by atoms with Gasteiger partial charge in [0.15, 0.2) is 0 Å². The molecule has 1 aromatic heterocycles. The molecular weight excluding hydrogens is 362 g/mol. The summed E-state index contributed by atoms with van der Waals surface area (Å²) in [6, 6.07) is 13.4. The molecule has 2 aromatic carbocycles. The molecule has 0 bridgehead atoms. The van der Waals surface area contributed by atoms with Gasteiger partial charge in [-0.05, 0) is 47.9 Å². The number of amides is 1. The monoisotopic (exact) mass is 381 g/mol. The lowest BCUT2D eigenvalue weighted by atomic mass is 10.1. The molecule has 6 heteroatoms. The van der Waals surface area contributed by atoms with E-state index < -0.39 is 0 Å². The number of halogens is 1. The van der Waals surface area contributed by atoms with Crippen molar-refractivity contribution in [1.82, 2.24) is 14.9 Å². The maximum absolute atomic E-state index is 12.0. The first kappa shape index (κ1) is 18.7. The Morgan fingerprint density at radius 3 is 2.93 bits per heavy atom. The van der Waals surface area contributed by atoms with Gasteiger partial charge >= 0.3 is 0 Å². The number of methoxy groups -OCH3 is 1. The number of benzene rings is 2. The summed E-state index contributed by atoms with van der Waals surface area (Å²) in [5.74, 6) is 0.561. The molecule has 3 rings (SSSR count). The third kappa shape index (κ3) is 5.21. The molecule has 3 aromatic rings. The van der Waals surface area contributed by atoms with E-state index in [0.29, 0.717) is 17.3 Å². The molecule has 5 nitrogen and oxygen atoms in total. The zero-order chi connectivity index (χ0) is 19.1. The number of carbonyl (C=O) groups excluding carboxylic acids is 1. The Hall–Kier alpha value is -3.05. The van der Waals surface area contributed by atoms with E-state index in [-0.39, 0.29) is 5.91 Å². The zero-order valence-corrected chi connectivity index (χ0v) is 15.7. The van der Waals surface area contributed by atoms with Gasteiger partial charge in [0, 0.05) is 30.0 Å². The van der Waals surface area contributed by atoms with E-state index in [1.165, 1.54) is 6.08 Å². The highest BCUT2D eigenvalue weighted by molar-refractivity contribution is 6.30. The molecule has 27 heavy (non-hydrogen) atoms. The van der Waals surface area contributed by atoms with Gasteiger partial charge < -0.3 is 14.6 Å². The minimum absolute atomic E-state index is 0.144. The molecule has 1 N–H and O–H groups in total. The van der Waals surface area contributed by atoms with E-state index in [2.05, 4.69) is 10.3 Å². The summed E-state index contributed by atoms with van der Waals surface area (Å²) in [4.78, 5) is 16.1. The molecule has 0 saturated carbocycles. The fourth-order valence-electron chi connectivity index (χ4n) is 2.67. The predicted molar refractivity (Wildman–Crippen MR) is 107 cm³/mol. The van der Waals surface area contributed by atoms with Gasteiger partial charge in [0.05, 0.1) is 19.1 Å². The number of nitrogens with zero attached hydrogens (tertiary/aromatic N) is 2. The van der Waals surface area contributed by atoms with Gasteiger partial charge in [-0.15, -0.1) is 0 Å². The summed E-state index contributed by atoms with van der Waals surface area (Å²) in [5, 5.41) is 3.57. The third-order valence-electron chi connectivity index (χ3n) is 4.02. The molecule has 0 spiro atoms. The molecule has 0 aliphatic carbocycles. The van der Waals surface area contributed by atoms with Crippen molar-refractivity contribution >= 4 is 23.6 Å². The van der Waals surface area contributed by atoms with Crippen molar-refractivity contribution in [1.29, 1.82) is 0 Å². The van der Waals surface area contributed by atoms with Crippen molar-refractivity contribution in [3.63, 3.8) is 0 Å². The van der Waals surface area contributed by atoms with Crippen LogP contribution in [0.3, 0.4) is 0 Å². The van der Waals surface area contributed by atoms with Crippen LogP contribution in [0.2, 0.25) is 5.02 Å². The molecule has 0 unspecified atom stereocenters. The van der Waals surface area contributed by atoms with Crippen molar-refractivity contribution in [3.05, 3.63) is 83.4 Å². The molecule has 0 radical (unpaired) electrons. The van der Waals surface area contributed by atoms with Gasteiger partial charge in [0.25, 0.3) is 0 Å². The lowest BCUT2D eigenvalue weighted by Crippen LogP contribution is -2.23. The summed E-state index contributed by atoms with van der Waals surface area (Å²) in [6.07, 6.45) is 9.27. The minimum atomic E-state index is -0.144. The summed E-state index contributed by atoms with van der Waals surface area (Å²) in [7, 11) is 1.62. The molecular formula is C21H20ClN3O2. The van der Waals surface area contributed by atoms with Gasteiger partial charge in [-0.1, -0.05) is 29.8 Å². The van der Waals surface area contributed by atoms with Crippen molar-refractivity contribution in [2.45, 2.75) is 6.42 Å². The Bertz CT molecular complexity index is 936. The fourth-order valence-corrected chi connectivity index (χ4v) is 2.88. The zero-order valence-electron chi connectivity index (χ0n) is 14.9. The van der Waals surface area contributed by atoms with Crippen LogP contribution in [0.1, 0.15) is 11.1 Å². The second-order valence-corrected chi connectivity index (χ2v) is 6.34. The van der Waals surface area contributed by atoms with Crippen molar-refractivity contribution in [3.8, 4) is 11.4 Å². The number of aromatic nitrogens is 2. The third-order valence-corrected chi connectivity index (χ3v) is 4.25. The molecule has 1 amide bonds. The second kappa shape index (κ2) is 9.05. The average Bonchev–Trinajstić information content (AvgIpc) is 3.21. The molecule has 1 heterocycles. The van der Waals surface area contributed by atoms with Gasteiger partial charge in [-0.2, -0.15) is 0 Å². The van der Waals surface area contributed by atoms with Crippen molar-refractivity contribution in [2.75, 3.05) is 13.7 Å². The van der Waals surface area contributed by atoms with Crippen LogP contribution in [0, 0.1) is 0 Å². The van der Waals surface area contributed by atoms with Crippen LogP contribution in [-0.4, -0.2) is 29.1 Å². The summed E-state index contributed by atoms with van der Waals surface area (Å²) in [6.45, 7) is 0.548. The highest BCUT2D eigenvalue weighted by Gasteiger charge is 2.05. The number of nitrogens with one attached hydrogen (secondary N) is 1. The van der Waals surface area contributed by atoms with E-state index in [9.17, 15) is 4.79 Å². The van der Waals surface area contributed by atoms with Gasteiger partial charge in [-0.25, -0.2) is 4.98 Å². The molecule has 138 valence electrons. The van der Waals surface area contributed by atoms with Crippen LogP contribution in [0.5, 0.6) is 5.75 Å². The Balaban J connectivity index is 1.57. The van der Waals surface area contributed by atoms with Crippen LogP contribution < -0.4 is 10.1 Å². The first-order valence-corrected chi connectivity index (χ1v) is 8.90. The van der Waals surface area contributed by atoms with Crippen LogP contribution in [0.15, 0.2) is 67.3 Å². The Morgan fingerprint density at radius 2 is 2.19 bits per heavy atom. The van der Waals surface area contributed by atoms with Gasteiger partial charge in [0.2, 0.25) is 5.91 Å². The van der Waals surface area contributed by atoms with E-state index >= 15 is 0 Å². The number of hydrogen-bond donors (Lipinski definition) is 1. The van der Waals surface area contributed by atoms with E-state index in [0.717, 1.165) is 23.2 Å². The van der Waals surface area contributed by atoms with E-state index in [1.54, 1.807) is 25.7 Å². The summed E-state index contributed by atoms with van der Waals surface area (Å²) < 4.78 is 7.32. The first-order chi connectivity index (χ1) is 13.2. The number of rotatable bonds is 7. The second-order valence-electron chi connectivity index (χ2n) is 5.91. The predicted octanol–water partition coefficient (Wildman–Crippen LogP) is 3.91. The minimum Gasteiger partial charge on any atom is -0.495 e. The molecule has 0 aliphatic heterocycles. The smallest absolute Gasteiger partial charge is 0.244 e. The van der Waals surface area contributed by atoms with Crippen LogP contribution >= 0.6 is 11.6 Å². The highest BCUT2D eigenvalue weighted by Crippen LogP contribution is 2.24. The topological polar surface area (TPSA) is 56.1 Å². The Morgan fingerprint density at radius 1 is 1.30 bits per heavy atom. The number of hydrogen-bond acceptors (Lipinski definition) is 3. The van der Waals surface area contributed by atoms with Crippen LogP contribution in [-0.2, 0) is 11.2 Å². The number of ether oxygens (including phenoxy) is 1. The molecule has 0 atom stereocenters. The summed E-state index contributed by atoms with van der Waals surface area (Å²) in [5.41, 5.74) is 2.85. The summed E-state index contributed by atoms with van der Waals surface area (Å²) >= 11 is 5.96. The molecule has 0 aliphatic rings.